The van der Waals surface area contributed by atoms with Crippen molar-refractivity contribution in [3.63, 3.8) is 0 Å². The number of hydrogen-bond acceptors (Lipinski definition) is 3. The van der Waals surface area contributed by atoms with Crippen LogP contribution in [0.15, 0.2) is 53.6 Å². The van der Waals surface area contributed by atoms with Gasteiger partial charge in [0.15, 0.2) is 0 Å². The number of pyridine rings is 1. The maximum Gasteiger partial charge on any atom is 0.115 e. The summed E-state index contributed by atoms with van der Waals surface area (Å²) in [5.41, 5.74) is 9.69. The lowest BCUT2D eigenvalue weighted by Crippen LogP contribution is -2.10. The highest BCUT2D eigenvalue weighted by atomic mass is 32.2. The molecule has 2 aromatic carbocycles. The molecule has 0 amide bonds. The standard InChI is InChI=1S/C30H34N2S/c1-29(2,3)22-14-10-20(11-15-22)19-33-28-26(18-31)24-8-7-9-25(24)27(32-28)21-12-16-23(17-13-21)30(4,5)6/h10-17H,7-9,19H2,1-6H3. The zero-order chi connectivity index (χ0) is 23.8. The Kier molecular flexibility index (Phi) is 6.43. The second kappa shape index (κ2) is 8.99. The monoisotopic (exact) mass is 454 g/mol. The summed E-state index contributed by atoms with van der Waals surface area (Å²) in [6.45, 7) is 13.4. The van der Waals surface area contributed by atoms with E-state index < -0.39 is 0 Å². The third-order valence-electron chi connectivity index (χ3n) is 6.56. The molecule has 0 aliphatic heterocycles. The Morgan fingerprint density at radius 2 is 1.36 bits per heavy atom. The Labute approximate surface area is 203 Å². The van der Waals surface area contributed by atoms with Gasteiger partial charge in [0.25, 0.3) is 0 Å². The molecule has 0 saturated heterocycles. The molecular weight excluding hydrogens is 420 g/mol. The maximum absolute atomic E-state index is 9.99. The number of hydrogen-bond donors (Lipinski definition) is 0. The third kappa shape index (κ3) is 5.02. The molecule has 1 aliphatic carbocycles. The Balaban J connectivity index is 1.67. The van der Waals surface area contributed by atoms with Gasteiger partial charge in [0, 0.05) is 11.3 Å². The molecule has 1 aromatic heterocycles. The van der Waals surface area contributed by atoms with Gasteiger partial charge in [0.2, 0.25) is 0 Å². The summed E-state index contributed by atoms with van der Waals surface area (Å²) < 4.78 is 0. The fourth-order valence-corrected chi connectivity index (χ4v) is 5.44. The smallest absolute Gasteiger partial charge is 0.115 e. The predicted octanol–water partition coefficient (Wildman–Crippen LogP) is 8.00. The average Bonchev–Trinajstić information content (AvgIpc) is 3.26. The van der Waals surface area contributed by atoms with Gasteiger partial charge in [0.1, 0.15) is 11.1 Å². The molecule has 3 aromatic rings. The zero-order valence-electron chi connectivity index (χ0n) is 20.7. The second-order valence-electron chi connectivity index (χ2n) is 11.1. The first-order valence-corrected chi connectivity index (χ1v) is 12.9. The van der Waals surface area contributed by atoms with Gasteiger partial charge in [-0.1, -0.05) is 90.1 Å². The van der Waals surface area contributed by atoms with Crippen molar-refractivity contribution in [3.8, 4) is 17.3 Å². The zero-order valence-corrected chi connectivity index (χ0v) is 21.6. The van der Waals surface area contributed by atoms with Crippen LogP contribution in [0.4, 0.5) is 0 Å². The minimum atomic E-state index is 0.127. The Hall–Kier alpha value is -2.57. The molecule has 0 fully saturated rings. The quantitative estimate of drug-likeness (QED) is 0.375. The minimum absolute atomic E-state index is 0.127. The number of fused-ring (bicyclic) bond motifs is 1. The van der Waals surface area contributed by atoms with E-state index in [0.29, 0.717) is 0 Å². The van der Waals surface area contributed by atoms with Crippen LogP contribution in [0.3, 0.4) is 0 Å². The second-order valence-corrected chi connectivity index (χ2v) is 12.1. The van der Waals surface area contributed by atoms with E-state index in [2.05, 4.69) is 96.1 Å². The van der Waals surface area contributed by atoms with Crippen molar-refractivity contribution in [1.29, 1.82) is 5.26 Å². The van der Waals surface area contributed by atoms with Gasteiger partial charge in [-0.15, -0.1) is 11.8 Å². The molecule has 0 radical (unpaired) electrons. The summed E-state index contributed by atoms with van der Waals surface area (Å²) in [7, 11) is 0. The summed E-state index contributed by atoms with van der Waals surface area (Å²) in [6, 6.07) is 20.2. The Morgan fingerprint density at radius 1 is 0.818 bits per heavy atom. The van der Waals surface area contributed by atoms with Crippen molar-refractivity contribution in [2.75, 3.05) is 0 Å². The first-order chi connectivity index (χ1) is 15.6. The van der Waals surface area contributed by atoms with Gasteiger partial charge in [-0.25, -0.2) is 4.98 Å². The predicted molar refractivity (Wildman–Crippen MR) is 140 cm³/mol. The molecule has 0 bridgehead atoms. The molecule has 4 rings (SSSR count). The van der Waals surface area contributed by atoms with Gasteiger partial charge in [-0.3, -0.25) is 0 Å². The normalized spacial score (nSPS) is 13.6. The highest BCUT2D eigenvalue weighted by Crippen LogP contribution is 2.38. The van der Waals surface area contributed by atoms with Gasteiger partial charge < -0.3 is 0 Å². The SMILES string of the molecule is CC(C)(C)c1ccc(CSc2nc(-c3ccc(C(C)(C)C)cc3)c3c(c2C#N)CCC3)cc1. The van der Waals surface area contributed by atoms with Crippen LogP contribution in [0.1, 0.15) is 81.3 Å². The third-order valence-corrected chi connectivity index (χ3v) is 7.61. The van der Waals surface area contributed by atoms with Crippen LogP contribution in [0.5, 0.6) is 0 Å². The molecule has 2 nitrogen and oxygen atoms in total. The highest BCUT2D eigenvalue weighted by Gasteiger charge is 2.25. The largest absolute Gasteiger partial charge is 0.240 e. The summed E-state index contributed by atoms with van der Waals surface area (Å²) in [6.07, 6.45) is 3.08. The fraction of sp³-hybridized carbons (Fsp3) is 0.400. The number of nitriles is 1. The van der Waals surface area contributed by atoms with Crippen LogP contribution in [0, 0.1) is 11.3 Å². The van der Waals surface area contributed by atoms with Crippen molar-refractivity contribution in [2.24, 2.45) is 0 Å². The fourth-order valence-electron chi connectivity index (χ4n) is 4.47. The van der Waals surface area contributed by atoms with Crippen LogP contribution < -0.4 is 0 Å². The lowest BCUT2D eigenvalue weighted by molar-refractivity contribution is 0.590. The van der Waals surface area contributed by atoms with E-state index in [1.807, 2.05) is 0 Å². The Bertz CT molecular complexity index is 1190. The van der Waals surface area contributed by atoms with E-state index in [4.69, 9.17) is 4.98 Å². The average molecular weight is 455 g/mol. The number of thioether (sulfide) groups is 1. The van der Waals surface area contributed by atoms with E-state index in [0.717, 1.165) is 46.9 Å². The van der Waals surface area contributed by atoms with Crippen molar-refractivity contribution in [1.82, 2.24) is 4.98 Å². The minimum Gasteiger partial charge on any atom is -0.240 e. The highest BCUT2D eigenvalue weighted by molar-refractivity contribution is 7.98. The first-order valence-electron chi connectivity index (χ1n) is 11.9. The number of nitrogens with zero attached hydrogens (tertiary/aromatic N) is 2. The van der Waals surface area contributed by atoms with Crippen molar-refractivity contribution < 1.29 is 0 Å². The van der Waals surface area contributed by atoms with E-state index in [9.17, 15) is 5.26 Å². The van der Waals surface area contributed by atoms with Gasteiger partial charge in [0.05, 0.1) is 11.3 Å². The lowest BCUT2D eigenvalue weighted by Gasteiger charge is -2.20. The summed E-state index contributed by atoms with van der Waals surface area (Å²) in [4.78, 5) is 5.09. The molecule has 0 N–H and O–H groups in total. The molecule has 1 aliphatic rings. The lowest BCUT2D eigenvalue weighted by atomic mass is 9.86. The molecule has 33 heavy (non-hydrogen) atoms. The summed E-state index contributed by atoms with van der Waals surface area (Å²) in [5, 5.41) is 10.9. The van der Waals surface area contributed by atoms with Gasteiger partial charge in [-0.2, -0.15) is 5.26 Å². The van der Waals surface area contributed by atoms with E-state index >= 15 is 0 Å². The number of benzene rings is 2. The Morgan fingerprint density at radius 3 is 1.91 bits per heavy atom. The van der Waals surface area contributed by atoms with Crippen LogP contribution in [0.2, 0.25) is 0 Å². The van der Waals surface area contributed by atoms with Crippen molar-refractivity contribution in [2.45, 2.75) is 82.4 Å². The molecular formula is C30H34N2S. The molecule has 1 heterocycles. The topological polar surface area (TPSA) is 36.7 Å². The molecule has 0 spiro atoms. The number of aromatic nitrogens is 1. The molecule has 3 heteroatoms. The van der Waals surface area contributed by atoms with Crippen LogP contribution in [0.25, 0.3) is 11.3 Å². The molecule has 0 unspecified atom stereocenters. The van der Waals surface area contributed by atoms with E-state index in [1.54, 1.807) is 11.8 Å². The van der Waals surface area contributed by atoms with Crippen LogP contribution >= 0.6 is 11.8 Å². The number of rotatable bonds is 4. The summed E-state index contributed by atoms with van der Waals surface area (Å²) in [5.74, 6) is 0.813. The van der Waals surface area contributed by atoms with Gasteiger partial charge >= 0.3 is 0 Å². The van der Waals surface area contributed by atoms with E-state index in [1.165, 1.54) is 27.8 Å². The van der Waals surface area contributed by atoms with Gasteiger partial charge in [-0.05, 0) is 57.9 Å². The van der Waals surface area contributed by atoms with Crippen LogP contribution in [-0.4, -0.2) is 4.98 Å². The van der Waals surface area contributed by atoms with Crippen molar-refractivity contribution >= 4 is 11.8 Å². The van der Waals surface area contributed by atoms with E-state index in [-0.39, 0.29) is 10.8 Å². The summed E-state index contributed by atoms with van der Waals surface area (Å²) >= 11 is 1.69. The first kappa shape index (κ1) is 23.6. The van der Waals surface area contributed by atoms with Crippen LogP contribution in [-0.2, 0) is 29.4 Å². The molecule has 0 saturated carbocycles. The molecule has 0 atom stereocenters. The maximum atomic E-state index is 9.99. The molecule has 170 valence electrons. The van der Waals surface area contributed by atoms with Crippen molar-refractivity contribution in [3.05, 3.63) is 81.9 Å².